The number of rotatable bonds is 1. The molecule has 1 fully saturated rings. The molecule has 0 aliphatic carbocycles. The average Bonchev–Trinajstić information content (AvgIpc) is 2.39. The molecule has 3 rings (SSSR count). The van der Waals surface area contributed by atoms with Crippen molar-refractivity contribution >= 4 is 17.5 Å². The molecule has 2 N–H and O–H groups in total. The van der Waals surface area contributed by atoms with Crippen LogP contribution in [0.1, 0.15) is 12.0 Å². The van der Waals surface area contributed by atoms with E-state index in [1.807, 2.05) is 0 Å². The Morgan fingerprint density at radius 3 is 2.82 bits per heavy atom. The van der Waals surface area contributed by atoms with E-state index in [-0.39, 0.29) is 5.91 Å². The van der Waals surface area contributed by atoms with E-state index in [0.717, 1.165) is 44.0 Å². The topological polar surface area (TPSA) is 70.2 Å². The zero-order valence-corrected chi connectivity index (χ0v) is 9.57. The molecule has 1 saturated heterocycles. The van der Waals surface area contributed by atoms with Crippen molar-refractivity contribution in [2.45, 2.75) is 12.8 Å². The van der Waals surface area contributed by atoms with Crippen LogP contribution in [0.25, 0.3) is 0 Å². The third-order valence-corrected chi connectivity index (χ3v) is 3.20. The van der Waals surface area contributed by atoms with E-state index >= 15 is 0 Å². The number of piperazine rings is 1. The molecule has 17 heavy (non-hydrogen) atoms. The fourth-order valence-electron chi connectivity index (χ4n) is 2.32. The summed E-state index contributed by atoms with van der Waals surface area (Å²) in [5.74, 6) is 1.71. The quantitative estimate of drug-likeness (QED) is 0.701. The summed E-state index contributed by atoms with van der Waals surface area (Å²) in [4.78, 5) is 22.1. The lowest BCUT2D eigenvalue weighted by molar-refractivity contribution is -0.116. The highest BCUT2D eigenvalue weighted by atomic mass is 16.1. The minimum atomic E-state index is 0.0439. The van der Waals surface area contributed by atoms with Gasteiger partial charge in [-0.05, 0) is 6.42 Å². The van der Waals surface area contributed by atoms with Gasteiger partial charge in [0.25, 0.3) is 0 Å². The van der Waals surface area contributed by atoms with Crippen LogP contribution in [0.2, 0.25) is 0 Å². The van der Waals surface area contributed by atoms with Crippen molar-refractivity contribution in [3.05, 3.63) is 11.9 Å². The first-order valence-electron chi connectivity index (χ1n) is 5.94. The standard InChI is InChI=1S/C11H15N5O/c17-9-2-1-8-10(15-9)13-7-14-11(8)16-5-3-12-4-6-16/h7,12H,1-6H2,(H,13,14,15,17). The van der Waals surface area contributed by atoms with Gasteiger partial charge in [-0.15, -0.1) is 0 Å². The summed E-state index contributed by atoms with van der Waals surface area (Å²) in [6, 6.07) is 0. The summed E-state index contributed by atoms with van der Waals surface area (Å²) in [5.41, 5.74) is 1.08. The molecular weight excluding hydrogens is 218 g/mol. The molecule has 1 aromatic rings. The number of nitrogens with zero attached hydrogens (tertiary/aromatic N) is 3. The summed E-state index contributed by atoms with van der Waals surface area (Å²) in [7, 11) is 0. The Bertz CT molecular complexity index is 441. The van der Waals surface area contributed by atoms with E-state index in [1.165, 1.54) is 6.33 Å². The highest BCUT2D eigenvalue weighted by Gasteiger charge is 2.23. The van der Waals surface area contributed by atoms with E-state index in [0.29, 0.717) is 12.2 Å². The molecule has 0 unspecified atom stereocenters. The van der Waals surface area contributed by atoms with Gasteiger partial charge in [0.15, 0.2) is 0 Å². The predicted molar refractivity (Wildman–Crippen MR) is 64.1 cm³/mol. The van der Waals surface area contributed by atoms with Crippen LogP contribution in [0.3, 0.4) is 0 Å². The lowest BCUT2D eigenvalue weighted by Gasteiger charge is -2.31. The molecule has 0 saturated carbocycles. The number of carbonyl (C=O) groups is 1. The van der Waals surface area contributed by atoms with Crippen LogP contribution in [-0.4, -0.2) is 42.1 Å². The zero-order chi connectivity index (χ0) is 11.7. The Labute approximate surface area is 99.4 Å². The molecule has 0 aromatic carbocycles. The molecule has 2 aliphatic heterocycles. The molecule has 3 heterocycles. The molecule has 0 radical (unpaired) electrons. The van der Waals surface area contributed by atoms with Gasteiger partial charge in [0, 0.05) is 38.2 Å². The number of amides is 1. The number of anilines is 2. The van der Waals surface area contributed by atoms with Crippen molar-refractivity contribution in [2.24, 2.45) is 0 Å². The Kier molecular flexibility index (Phi) is 2.64. The molecule has 0 spiro atoms. The monoisotopic (exact) mass is 233 g/mol. The molecule has 1 aromatic heterocycles. The molecule has 2 aliphatic rings. The SMILES string of the molecule is O=C1CCc2c(ncnc2N2CCNCC2)N1. The summed E-state index contributed by atoms with van der Waals surface area (Å²) < 4.78 is 0. The van der Waals surface area contributed by atoms with Gasteiger partial charge in [0.05, 0.1) is 0 Å². The van der Waals surface area contributed by atoms with Crippen molar-refractivity contribution < 1.29 is 4.79 Å². The molecule has 1 amide bonds. The van der Waals surface area contributed by atoms with Gasteiger partial charge in [0.2, 0.25) is 5.91 Å². The van der Waals surface area contributed by atoms with E-state index in [4.69, 9.17) is 0 Å². The zero-order valence-electron chi connectivity index (χ0n) is 9.57. The summed E-state index contributed by atoms with van der Waals surface area (Å²) in [5, 5.41) is 6.12. The number of carbonyl (C=O) groups excluding carboxylic acids is 1. The van der Waals surface area contributed by atoms with Crippen molar-refractivity contribution in [1.82, 2.24) is 15.3 Å². The van der Waals surface area contributed by atoms with Gasteiger partial charge in [-0.25, -0.2) is 9.97 Å². The van der Waals surface area contributed by atoms with Gasteiger partial charge in [-0.3, -0.25) is 4.79 Å². The number of hydrogen-bond acceptors (Lipinski definition) is 5. The lowest BCUT2D eigenvalue weighted by Crippen LogP contribution is -2.44. The van der Waals surface area contributed by atoms with Gasteiger partial charge in [-0.2, -0.15) is 0 Å². The summed E-state index contributed by atoms with van der Waals surface area (Å²) in [6.45, 7) is 3.87. The van der Waals surface area contributed by atoms with E-state index in [2.05, 4.69) is 25.5 Å². The highest BCUT2D eigenvalue weighted by Crippen LogP contribution is 2.28. The average molecular weight is 233 g/mol. The van der Waals surface area contributed by atoms with Crippen LogP contribution < -0.4 is 15.5 Å². The molecule has 6 heteroatoms. The third kappa shape index (κ3) is 1.95. The number of fused-ring (bicyclic) bond motifs is 1. The molecule has 6 nitrogen and oxygen atoms in total. The highest BCUT2D eigenvalue weighted by molar-refractivity contribution is 5.93. The van der Waals surface area contributed by atoms with Crippen LogP contribution >= 0.6 is 0 Å². The fourth-order valence-corrected chi connectivity index (χ4v) is 2.32. The van der Waals surface area contributed by atoms with Gasteiger partial charge >= 0.3 is 0 Å². The molecular formula is C11H15N5O. The maximum atomic E-state index is 11.3. The maximum Gasteiger partial charge on any atom is 0.225 e. The molecule has 90 valence electrons. The third-order valence-electron chi connectivity index (χ3n) is 3.20. The van der Waals surface area contributed by atoms with E-state index in [1.54, 1.807) is 0 Å². The second-order valence-corrected chi connectivity index (χ2v) is 4.31. The van der Waals surface area contributed by atoms with Crippen molar-refractivity contribution in [1.29, 1.82) is 0 Å². The van der Waals surface area contributed by atoms with Crippen LogP contribution in [0.4, 0.5) is 11.6 Å². The van der Waals surface area contributed by atoms with Crippen LogP contribution in [0.15, 0.2) is 6.33 Å². The van der Waals surface area contributed by atoms with Gasteiger partial charge < -0.3 is 15.5 Å². The minimum absolute atomic E-state index is 0.0439. The van der Waals surface area contributed by atoms with Crippen LogP contribution in [0.5, 0.6) is 0 Å². The second-order valence-electron chi connectivity index (χ2n) is 4.31. The Hall–Kier alpha value is -1.69. The Morgan fingerprint density at radius 1 is 1.18 bits per heavy atom. The molecule has 0 bridgehead atoms. The summed E-state index contributed by atoms with van der Waals surface area (Å²) >= 11 is 0. The number of nitrogens with one attached hydrogen (secondary N) is 2. The Balaban J connectivity index is 1.94. The smallest absolute Gasteiger partial charge is 0.225 e. The predicted octanol–water partition coefficient (Wildman–Crippen LogP) is -0.229. The summed E-state index contributed by atoms with van der Waals surface area (Å²) in [6.07, 6.45) is 2.79. The first-order valence-corrected chi connectivity index (χ1v) is 5.94. The first kappa shape index (κ1) is 10.5. The first-order chi connectivity index (χ1) is 8.34. The van der Waals surface area contributed by atoms with Crippen molar-refractivity contribution in [3.63, 3.8) is 0 Å². The number of aromatic nitrogens is 2. The fraction of sp³-hybridized carbons (Fsp3) is 0.545. The van der Waals surface area contributed by atoms with Crippen molar-refractivity contribution in [3.8, 4) is 0 Å². The minimum Gasteiger partial charge on any atom is -0.354 e. The largest absolute Gasteiger partial charge is 0.354 e. The lowest BCUT2D eigenvalue weighted by atomic mass is 10.1. The maximum absolute atomic E-state index is 11.3. The van der Waals surface area contributed by atoms with Gasteiger partial charge in [0.1, 0.15) is 18.0 Å². The van der Waals surface area contributed by atoms with Crippen LogP contribution in [-0.2, 0) is 11.2 Å². The van der Waals surface area contributed by atoms with Crippen LogP contribution in [0, 0.1) is 0 Å². The van der Waals surface area contributed by atoms with E-state index in [9.17, 15) is 4.79 Å². The Morgan fingerprint density at radius 2 is 2.00 bits per heavy atom. The van der Waals surface area contributed by atoms with Gasteiger partial charge in [-0.1, -0.05) is 0 Å². The molecule has 0 atom stereocenters. The normalized spacial score (nSPS) is 19.8. The second kappa shape index (κ2) is 4.29. The number of hydrogen-bond donors (Lipinski definition) is 2. The van der Waals surface area contributed by atoms with E-state index < -0.39 is 0 Å². The van der Waals surface area contributed by atoms with Crippen molar-refractivity contribution in [2.75, 3.05) is 36.4 Å².